The van der Waals surface area contributed by atoms with E-state index in [9.17, 15) is 9.18 Å². The Hall–Kier alpha value is -1.58. The molecule has 0 radical (unpaired) electrons. The van der Waals surface area contributed by atoms with E-state index < -0.39 is 5.67 Å². The van der Waals surface area contributed by atoms with Crippen molar-refractivity contribution < 1.29 is 18.7 Å². The number of carbonyl (C=O) groups excluding carboxylic acids is 1. The van der Waals surface area contributed by atoms with Crippen LogP contribution in [0.5, 0.6) is 5.75 Å². The fourth-order valence-electron chi connectivity index (χ4n) is 1.95. The highest BCUT2D eigenvalue weighted by atomic mass is 19.1. The number of hydrogen-bond donors (Lipinski definition) is 0. The van der Waals surface area contributed by atoms with Gasteiger partial charge in [0.2, 0.25) is 0 Å². The van der Waals surface area contributed by atoms with E-state index in [1.807, 2.05) is 27.7 Å². The van der Waals surface area contributed by atoms with Crippen molar-refractivity contribution in [3.05, 3.63) is 29.8 Å². The number of halogens is 1. The Morgan fingerprint density at radius 3 is 2.00 bits per heavy atom. The highest BCUT2D eigenvalue weighted by molar-refractivity contribution is 5.89. The fraction of sp³-hybridized carbons (Fsp3) is 0.588. The van der Waals surface area contributed by atoms with Gasteiger partial charge in [0.05, 0.1) is 12.7 Å². The summed E-state index contributed by atoms with van der Waals surface area (Å²) in [6.45, 7) is 9.58. The molecule has 0 unspecified atom stereocenters. The van der Waals surface area contributed by atoms with Gasteiger partial charge >= 0.3 is 5.97 Å². The van der Waals surface area contributed by atoms with E-state index >= 15 is 0 Å². The summed E-state index contributed by atoms with van der Waals surface area (Å²) in [7, 11) is 1.34. The lowest BCUT2D eigenvalue weighted by Crippen LogP contribution is -2.44. The minimum absolute atomic E-state index is 0.0611. The molecule has 120 valence electrons. The number of benzene rings is 1. The van der Waals surface area contributed by atoms with Crippen LogP contribution < -0.4 is 4.74 Å². The van der Waals surface area contributed by atoms with Gasteiger partial charge in [-0.1, -0.05) is 27.7 Å². The van der Waals surface area contributed by atoms with Crippen molar-refractivity contribution in [3.8, 4) is 5.75 Å². The van der Waals surface area contributed by atoms with E-state index in [0.29, 0.717) is 24.2 Å². The van der Waals surface area contributed by atoms with Gasteiger partial charge in [-0.2, -0.15) is 0 Å². The first-order valence-electron chi connectivity index (χ1n) is 7.54. The van der Waals surface area contributed by atoms with E-state index in [1.54, 1.807) is 31.2 Å². The topological polar surface area (TPSA) is 35.5 Å². The number of rotatable bonds is 3. The van der Waals surface area contributed by atoms with Crippen LogP contribution in [-0.4, -0.2) is 24.9 Å². The Morgan fingerprint density at radius 2 is 1.62 bits per heavy atom. The van der Waals surface area contributed by atoms with Crippen molar-refractivity contribution in [1.82, 2.24) is 0 Å². The molecule has 2 rings (SSSR count). The molecule has 4 heteroatoms. The Balaban J connectivity index is 0.000000921. The Labute approximate surface area is 127 Å². The lowest BCUT2D eigenvalue weighted by atomic mass is 9.81. The lowest BCUT2D eigenvalue weighted by Gasteiger charge is -2.38. The molecule has 0 aromatic heterocycles. The SMILES string of the molecule is CC.CC.COC(=O)c1ccc(OC2CC(C)(F)C2)cc1. The number of hydrogen-bond acceptors (Lipinski definition) is 3. The van der Waals surface area contributed by atoms with Crippen LogP contribution in [0.4, 0.5) is 4.39 Å². The van der Waals surface area contributed by atoms with Crippen LogP contribution in [0.15, 0.2) is 24.3 Å². The third kappa shape index (κ3) is 6.15. The maximum Gasteiger partial charge on any atom is 0.337 e. The molecule has 0 bridgehead atoms. The maximum absolute atomic E-state index is 13.2. The van der Waals surface area contributed by atoms with Crippen molar-refractivity contribution in [3.63, 3.8) is 0 Å². The summed E-state index contributed by atoms with van der Waals surface area (Å²) < 4.78 is 23.4. The second-order valence-electron chi connectivity index (χ2n) is 4.58. The highest BCUT2D eigenvalue weighted by Gasteiger charge is 2.42. The maximum atomic E-state index is 13.2. The molecule has 0 atom stereocenters. The molecule has 1 aromatic carbocycles. The summed E-state index contributed by atoms with van der Waals surface area (Å²) in [4.78, 5) is 11.2. The second-order valence-corrected chi connectivity index (χ2v) is 4.58. The van der Waals surface area contributed by atoms with Crippen LogP contribution in [0, 0.1) is 0 Å². The third-order valence-corrected chi connectivity index (χ3v) is 2.88. The largest absolute Gasteiger partial charge is 0.490 e. The molecule has 1 saturated carbocycles. The molecule has 3 nitrogen and oxygen atoms in total. The summed E-state index contributed by atoms with van der Waals surface area (Å²) in [5, 5.41) is 0. The molecule has 0 N–H and O–H groups in total. The van der Waals surface area contributed by atoms with E-state index in [2.05, 4.69) is 4.74 Å². The molecule has 0 saturated heterocycles. The zero-order valence-corrected chi connectivity index (χ0v) is 13.9. The van der Waals surface area contributed by atoms with E-state index in [0.717, 1.165) is 0 Å². The van der Waals surface area contributed by atoms with Crippen molar-refractivity contribution in [2.75, 3.05) is 7.11 Å². The number of ether oxygens (including phenoxy) is 2. The first-order valence-corrected chi connectivity index (χ1v) is 7.54. The van der Waals surface area contributed by atoms with Crippen LogP contribution in [0.25, 0.3) is 0 Å². The summed E-state index contributed by atoms with van der Waals surface area (Å²) >= 11 is 0. The van der Waals surface area contributed by atoms with Crippen molar-refractivity contribution >= 4 is 5.97 Å². The molecular weight excluding hydrogens is 271 g/mol. The van der Waals surface area contributed by atoms with E-state index in [-0.39, 0.29) is 12.1 Å². The average Bonchev–Trinajstić information content (AvgIpc) is 2.49. The van der Waals surface area contributed by atoms with Crippen LogP contribution >= 0.6 is 0 Å². The molecular formula is C17H27FO3. The normalized spacial score (nSPS) is 22.5. The zero-order chi connectivity index (χ0) is 16.5. The molecule has 1 aliphatic carbocycles. The molecule has 1 fully saturated rings. The predicted octanol–water partition coefficient (Wildman–Crippen LogP) is 4.80. The van der Waals surface area contributed by atoms with Gasteiger partial charge in [0.1, 0.15) is 17.5 Å². The van der Waals surface area contributed by atoms with Crippen LogP contribution in [0.2, 0.25) is 0 Å². The van der Waals surface area contributed by atoms with Crippen molar-refractivity contribution in [2.24, 2.45) is 0 Å². The number of alkyl halides is 1. The van der Waals surface area contributed by atoms with Gasteiger partial charge < -0.3 is 9.47 Å². The number of carbonyl (C=O) groups is 1. The molecule has 0 heterocycles. The number of esters is 1. The predicted molar refractivity (Wildman–Crippen MR) is 83.6 cm³/mol. The minimum Gasteiger partial charge on any atom is -0.490 e. The Bertz CT molecular complexity index is 405. The van der Waals surface area contributed by atoms with Crippen molar-refractivity contribution in [1.29, 1.82) is 0 Å². The van der Waals surface area contributed by atoms with E-state index in [1.165, 1.54) is 7.11 Å². The first-order chi connectivity index (χ1) is 10.00. The summed E-state index contributed by atoms with van der Waals surface area (Å²) in [5.74, 6) is 0.273. The van der Waals surface area contributed by atoms with Crippen LogP contribution in [-0.2, 0) is 4.74 Å². The Kier molecular flexibility index (Phi) is 8.67. The smallest absolute Gasteiger partial charge is 0.337 e. The minimum atomic E-state index is -1.09. The van der Waals surface area contributed by atoms with Gasteiger partial charge in [0.25, 0.3) is 0 Å². The van der Waals surface area contributed by atoms with E-state index in [4.69, 9.17) is 4.74 Å². The average molecular weight is 298 g/mol. The third-order valence-electron chi connectivity index (χ3n) is 2.88. The molecule has 0 aliphatic heterocycles. The molecule has 1 aliphatic rings. The Morgan fingerprint density at radius 1 is 1.14 bits per heavy atom. The van der Waals surface area contributed by atoms with Crippen LogP contribution in [0.1, 0.15) is 57.8 Å². The molecule has 0 amide bonds. The monoisotopic (exact) mass is 298 g/mol. The molecule has 1 aromatic rings. The van der Waals surface area contributed by atoms with Gasteiger partial charge in [0.15, 0.2) is 0 Å². The summed E-state index contributed by atoms with van der Waals surface area (Å²) in [5.41, 5.74) is -0.611. The van der Waals surface area contributed by atoms with Gasteiger partial charge in [-0.05, 0) is 31.2 Å². The van der Waals surface area contributed by atoms with Gasteiger partial charge in [-0.3, -0.25) is 0 Å². The molecule has 21 heavy (non-hydrogen) atoms. The number of methoxy groups -OCH3 is 1. The molecule has 0 spiro atoms. The summed E-state index contributed by atoms with van der Waals surface area (Å²) in [6.07, 6.45) is 0.784. The van der Waals surface area contributed by atoms with Crippen LogP contribution in [0.3, 0.4) is 0 Å². The zero-order valence-electron chi connectivity index (χ0n) is 13.9. The lowest BCUT2D eigenvalue weighted by molar-refractivity contribution is -0.0291. The fourth-order valence-corrected chi connectivity index (χ4v) is 1.95. The second kappa shape index (κ2) is 9.37. The van der Waals surface area contributed by atoms with Gasteiger partial charge in [-0.25, -0.2) is 9.18 Å². The quantitative estimate of drug-likeness (QED) is 0.752. The van der Waals surface area contributed by atoms with Crippen molar-refractivity contribution in [2.45, 2.75) is 59.2 Å². The highest BCUT2D eigenvalue weighted by Crippen LogP contribution is 2.38. The first kappa shape index (κ1) is 19.4. The van der Waals surface area contributed by atoms with Gasteiger partial charge in [0, 0.05) is 12.8 Å². The summed E-state index contributed by atoms with van der Waals surface area (Å²) in [6, 6.07) is 6.66. The van der Waals surface area contributed by atoms with Gasteiger partial charge in [-0.15, -0.1) is 0 Å². The standard InChI is InChI=1S/C13H15FO3.2C2H6/c1-13(14)7-11(8-13)17-10-5-3-9(4-6-10)12(15)16-2;2*1-2/h3-6,11H,7-8H2,1-2H3;2*1-2H3.